The van der Waals surface area contributed by atoms with Gasteiger partial charge in [0.05, 0.1) is 17.5 Å². The zero-order chi connectivity index (χ0) is 20.1. The molecule has 0 aliphatic carbocycles. The number of aryl methyl sites for hydroxylation is 1. The predicted molar refractivity (Wildman–Crippen MR) is 106 cm³/mol. The van der Waals surface area contributed by atoms with E-state index in [1.165, 1.54) is 17.7 Å². The molecular weight excluding hydrogens is 363 g/mol. The fourth-order valence-electron chi connectivity index (χ4n) is 3.18. The highest BCUT2D eigenvalue weighted by Gasteiger charge is 2.30. The third-order valence-electron chi connectivity index (χ3n) is 4.80. The highest BCUT2D eigenvalue weighted by molar-refractivity contribution is 5.64. The van der Waals surface area contributed by atoms with E-state index < -0.39 is 11.7 Å². The topological polar surface area (TPSA) is 31.9 Å². The maximum absolute atomic E-state index is 12.8. The van der Waals surface area contributed by atoms with Gasteiger partial charge in [-0.3, -0.25) is 5.10 Å². The van der Waals surface area contributed by atoms with E-state index in [1.54, 1.807) is 6.20 Å². The normalized spacial score (nSPS) is 11.6. The van der Waals surface area contributed by atoms with Crippen molar-refractivity contribution in [2.24, 2.45) is 0 Å². The zero-order valence-corrected chi connectivity index (χ0v) is 16.1. The average Bonchev–Trinajstić information content (AvgIpc) is 3.14. The summed E-state index contributed by atoms with van der Waals surface area (Å²) in [5.74, 6) is 0. The molecule has 0 saturated heterocycles. The Morgan fingerprint density at radius 2 is 1.82 bits per heavy atom. The molecule has 0 aliphatic rings. The summed E-state index contributed by atoms with van der Waals surface area (Å²) in [5.41, 5.74) is 4.11. The van der Waals surface area contributed by atoms with E-state index >= 15 is 0 Å². The molecule has 1 heterocycles. The molecule has 0 bridgehead atoms. The number of anilines is 1. The molecule has 6 heteroatoms. The Labute approximate surface area is 163 Å². The summed E-state index contributed by atoms with van der Waals surface area (Å²) in [6.45, 7) is 2.78. The molecule has 0 atom stereocenters. The molecule has 148 valence electrons. The Balaban J connectivity index is 1.77. The second kappa shape index (κ2) is 8.50. The Hall–Kier alpha value is -2.76. The number of rotatable bonds is 7. The van der Waals surface area contributed by atoms with Gasteiger partial charge in [-0.15, -0.1) is 0 Å². The van der Waals surface area contributed by atoms with Gasteiger partial charge in [-0.2, -0.15) is 18.3 Å². The van der Waals surface area contributed by atoms with Gasteiger partial charge in [0.2, 0.25) is 0 Å². The van der Waals surface area contributed by atoms with Crippen LogP contribution in [-0.2, 0) is 19.1 Å². The Morgan fingerprint density at radius 1 is 1.07 bits per heavy atom. The van der Waals surface area contributed by atoms with Gasteiger partial charge in [-0.25, -0.2) is 0 Å². The van der Waals surface area contributed by atoms with Gasteiger partial charge in [0.25, 0.3) is 0 Å². The molecule has 0 radical (unpaired) electrons. The third-order valence-corrected chi connectivity index (χ3v) is 4.80. The van der Waals surface area contributed by atoms with Crippen molar-refractivity contribution in [3.8, 4) is 11.3 Å². The molecular formula is C22H24F3N3. The molecule has 0 aliphatic heterocycles. The molecule has 0 saturated carbocycles. The quantitative estimate of drug-likeness (QED) is 0.533. The first-order valence-corrected chi connectivity index (χ1v) is 9.38. The van der Waals surface area contributed by atoms with Crippen LogP contribution in [0.2, 0.25) is 0 Å². The number of unbranched alkanes of at least 4 members (excludes halogenated alkanes) is 1. The number of nitrogens with one attached hydrogen (secondary N) is 1. The van der Waals surface area contributed by atoms with Crippen LogP contribution >= 0.6 is 0 Å². The minimum atomic E-state index is -4.33. The molecule has 3 aromatic rings. The summed E-state index contributed by atoms with van der Waals surface area (Å²) in [4.78, 5) is 2.12. The number of halogens is 3. The summed E-state index contributed by atoms with van der Waals surface area (Å²) in [5, 5.41) is 7.02. The predicted octanol–water partition coefficient (Wildman–Crippen LogP) is 6.07. The summed E-state index contributed by atoms with van der Waals surface area (Å²) in [7, 11) is 2.00. The fraction of sp³-hybridized carbons (Fsp3) is 0.318. The van der Waals surface area contributed by atoms with Gasteiger partial charge in [-0.05, 0) is 48.2 Å². The standard InChI is InChI=1S/C22H24F3N3/c1-3-4-6-16-7-5-8-20(13-16)28(2)15-18-14-26-27-21(18)17-9-11-19(12-10-17)22(23,24)25/h5,7-14H,3-4,6,15H2,1-2H3,(H,26,27). The molecule has 2 aromatic carbocycles. The molecule has 3 nitrogen and oxygen atoms in total. The maximum Gasteiger partial charge on any atom is 0.416 e. The molecule has 3 rings (SSSR count). The molecule has 0 spiro atoms. The lowest BCUT2D eigenvalue weighted by atomic mass is 10.0. The van der Waals surface area contributed by atoms with Crippen LogP contribution in [0.3, 0.4) is 0 Å². The number of benzene rings is 2. The second-order valence-corrected chi connectivity index (χ2v) is 6.97. The number of hydrogen-bond acceptors (Lipinski definition) is 2. The van der Waals surface area contributed by atoms with Crippen LogP contribution in [0.4, 0.5) is 18.9 Å². The molecule has 1 N–H and O–H groups in total. The third kappa shape index (κ3) is 4.74. The lowest BCUT2D eigenvalue weighted by molar-refractivity contribution is -0.137. The second-order valence-electron chi connectivity index (χ2n) is 6.97. The highest BCUT2D eigenvalue weighted by atomic mass is 19.4. The van der Waals surface area contributed by atoms with Crippen LogP contribution < -0.4 is 4.90 Å². The van der Waals surface area contributed by atoms with Gasteiger partial charge < -0.3 is 4.90 Å². The number of alkyl halides is 3. The van der Waals surface area contributed by atoms with E-state index in [2.05, 4.69) is 46.3 Å². The molecule has 28 heavy (non-hydrogen) atoms. The van der Waals surface area contributed by atoms with Gasteiger partial charge in [0.1, 0.15) is 0 Å². The Kier molecular flexibility index (Phi) is 6.07. The van der Waals surface area contributed by atoms with Crippen LogP contribution in [0.25, 0.3) is 11.3 Å². The molecule has 0 amide bonds. The van der Waals surface area contributed by atoms with E-state index in [9.17, 15) is 13.2 Å². The van der Waals surface area contributed by atoms with Crippen molar-refractivity contribution in [3.05, 3.63) is 71.4 Å². The van der Waals surface area contributed by atoms with E-state index in [0.717, 1.165) is 48.3 Å². The van der Waals surface area contributed by atoms with Crippen molar-refractivity contribution in [1.29, 1.82) is 0 Å². The van der Waals surface area contributed by atoms with Crippen molar-refractivity contribution in [2.45, 2.75) is 38.9 Å². The highest BCUT2D eigenvalue weighted by Crippen LogP contribution is 2.31. The van der Waals surface area contributed by atoms with E-state index in [1.807, 2.05) is 7.05 Å². The van der Waals surface area contributed by atoms with Gasteiger partial charge in [0.15, 0.2) is 0 Å². The first-order chi connectivity index (χ1) is 13.4. The number of aromatic nitrogens is 2. The van der Waals surface area contributed by atoms with Crippen molar-refractivity contribution in [1.82, 2.24) is 10.2 Å². The lowest BCUT2D eigenvalue weighted by Gasteiger charge is -2.20. The Bertz CT molecular complexity index is 898. The minimum Gasteiger partial charge on any atom is -0.370 e. The maximum atomic E-state index is 12.8. The molecule has 0 fully saturated rings. The monoisotopic (exact) mass is 387 g/mol. The summed E-state index contributed by atoms with van der Waals surface area (Å²) >= 11 is 0. The number of H-pyrrole nitrogens is 1. The van der Waals surface area contributed by atoms with Crippen molar-refractivity contribution < 1.29 is 13.2 Å². The SMILES string of the molecule is CCCCc1cccc(N(C)Cc2cn[nH]c2-c2ccc(C(F)(F)F)cc2)c1. The number of hydrogen-bond donors (Lipinski definition) is 1. The first-order valence-electron chi connectivity index (χ1n) is 9.38. The van der Waals surface area contributed by atoms with Gasteiger partial charge in [0, 0.05) is 24.8 Å². The average molecular weight is 387 g/mol. The fourth-order valence-corrected chi connectivity index (χ4v) is 3.18. The first kappa shape index (κ1) is 20.0. The van der Waals surface area contributed by atoms with E-state index in [0.29, 0.717) is 12.1 Å². The zero-order valence-electron chi connectivity index (χ0n) is 16.1. The molecule has 1 aromatic heterocycles. The molecule has 0 unspecified atom stereocenters. The van der Waals surface area contributed by atoms with E-state index in [4.69, 9.17) is 0 Å². The summed E-state index contributed by atoms with van der Waals surface area (Å²) in [6.07, 6.45) is 0.766. The Morgan fingerprint density at radius 3 is 2.50 bits per heavy atom. The van der Waals surface area contributed by atoms with Crippen LogP contribution in [0.15, 0.2) is 54.7 Å². The minimum absolute atomic E-state index is 0.601. The van der Waals surface area contributed by atoms with E-state index in [-0.39, 0.29) is 0 Å². The largest absolute Gasteiger partial charge is 0.416 e. The number of nitrogens with zero attached hydrogens (tertiary/aromatic N) is 2. The smallest absolute Gasteiger partial charge is 0.370 e. The van der Waals surface area contributed by atoms with Crippen LogP contribution in [-0.4, -0.2) is 17.2 Å². The van der Waals surface area contributed by atoms with Crippen LogP contribution in [0, 0.1) is 0 Å². The van der Waals surface area contributed by atoms with Crippen molar-refractivity contribution in [3.63, 3.8) is 0 Å². The number of aromatic amines is 1. The van der Waals surface area contributed by atoms with Crippen LogP contribution in [0.5, 0.6) is 0 Å². The summed E-state index contributed by atoms with van der Waals surface area (Å²) < 4.78 is 38.4. The summed E-state index contributed by atoms with van der Waals surface area (Å²) in [6, 6.07) is 13.6. The lowest BCUT2D eigenvalue weighted by Crippen LogP contribution is -2.16. The van der Waals surface area contributed by atoms with Crippen LogP contribution in [0.1, 0.15) is 36.5 Å². The van der Waals surface area contributed by atoms with Crippen molar-refractivity contribution >= 4 is 5.69 Å². The van der Waals surface area contributed by atoms with Gasteiger partial charge >= 0.3 is 6.18 Å². The van der Waals surface area contributed by atoms with Crippen molar-refractivity contribution in [2.75, 3.05) is 11.9 Å². The van der Waals surface area contributed by atoms with Gasteiger partial charge in [-0.1, -0.05) is 37.6 Å².